The summed E-state index contributed by atoms with van der Waals surface area (Å²) in [5.74, 6) is 1.49. The zero-order valence-corrected chi connectivity index (χ0v) is 8.33. The van der Waals surface area contributed by atoms with Crippen LogP contribution in [0.3, 0.4) is 0 Å². The van der Waals surface area contributed by atoms with Gasteiger partial charge in [-0.3, -0.25) is 0 Å². The van der Waals surface area contributed by atoms with Gasteiger partial charge in [0.25, 0.3) is 0 Å². The summed E-state index contributed by atoms with van der Waals surface area (Å²) in [7, 11) is 1.95. The van der Waals surface area contributed by atoms with Crippen LogP contribution in [0.2, 0.25) is 0 Å². The zero-order valence-electron chi connectivity index (χ0n) is 7.51. The normalized spacial score (nSPS) is 20.3. The number of hydrogen-bond acceptors (Lipinski definition) is 2. The van der Waals surface area contributed by atoms with Gasteiger partial charge < -0.3 is 5.32 Å². The van der Waals surface area contributed by atoms with Crippen molar-refractivity contribution in [2.24, 2.45) is 0 Å². The molecule has 0 bridgehead atoms. The van der Waals surface area contributed by atoms with Crippen molar-refractivity contribution in [1.82, 2.24) is 5.32 Å². The van der Waals surface area contributed by atoms with E-state index in [0.717, 1.165) is 17.2 Å². The fraction of sp³-hybridized carbons (Fsp3) is 0.400. The maximum Gasteiger partial charge on any atom is 0.124 e. The van der Waals surface area contributed by atoms with Gasteiger partial charge in [-0.2, -0.15) is 0 Å². The fourth-order valence-corrected chi connectivity index (χ4v) is 2.94. The summed E-state index contributed by atoms with van der Waals surface area (Å²) in [4.78, 5) is 1.11. The van der Waals surface area contributed by atoms with Gasteiger partial charge in [0.1, 0.15) is 5.82 Å². The molecule has 1 N–H and O–H groups in total. The van der Waals surface area contributed by atoms with Crippen LogP contribution in [0.5, 0.6) is 0 Å². The van der Waals surface area contributed by atoms with Crippen molar-refractivity contribution in [2.45, 2.75) is 10.8 Å². The quantitative estimate of drug-likeness (QED) is 0.780. The molecule has 0 aliphatic carbocycles. The molecule has 1 heterocycles. The molecule has 0 spiro atoms. The number of likely N-dealkylation sites (N-methyl/N-ethyl adjacent to an activating group) is 1. The standard InChI is InChI=1S/C10H12FNS/c1-12-5-7-6-13-10-4-8(11)2-3-9(7)10/h2-4,7,12H,5-6H2,1H3. The molecule has 0 fully saturated rings. The van der Waals surface area contributed by atoms with E-state index in [1.165, 1.54) is 5.56 Å². The third-order valence-corrected chi connectivity index (χ3v) is 3.54. The van der Waals surface area contributed by atoms with E-state index in [9.17, 15) is 4.39 Å². The molecule has 70 valence electrons. The fourth-order valence-electron chi connectivity index (χ4n) is 1.67. The average molecular weight is 197 g/mol. The lowest BCUT2D eigenvalue weighted by atomic mass is 10.0. The summed E-state index contributed by atoms with van der Waals surface area (Å²) < 4.78 is 12.8. The Hall–Kier alpha value is -0.540. The van der Waals surface area contributed by atoms with Crippen LogP contribution in [0.25, 0.3) is 0 Å². The molecule has 2 rings (SSSR count). The van der Waals surface area contributed by atoms with Gasteiger partial charge in [-0.15, -0.1) is 11.8 Å². The summed E-state index contributed by atoms with van der Waals surface area (Å²) in [5, 5.41) is 3.16. The van der Waals surface area contributed by atoms with Crippen LogP contribution >= 0.6 is 11.8 Å². The largest absolute Gasteiger partial charge is 0.319 e. The Kier molecular flexibility index (Phi) is 2.56. The number of nitrogens with one attached hydrogen (secondary N) is 1. The van der Waals surface area contributed by atoms with Gasteiger partial charge in [-0.1, -0.05) is 6.07 Å². The van der Waals surface area contributed by atoms with Crippen molar-refractivity contribution in [1.29, 1.82) is 0 Å². The van der Waals surface area contributed by atoms with Gasteiger partial charge in [0, 0.05) is 23.1 Å². The summed E-state index contributed by atoms with van der Waals surface area (Å²) in [6, 6.07) is 5.09. The molecule has 3 heteroatoms. The maximum atomic E-state index is 12.8. The molecule has 0 saturated carbocycles. The van der Waals surface area contributed by atoms with Gasteiger partial charge in [0.2, 0.25) is 0 Å². The predicted molar refractivity (Wildman–Crippen MR) is 53.8 cm³/mol. The molecule has 1 aromatic carbocycles. The van der Waals surface area contributed by atoms with E-state index < -0.39 is 0 Å². The Bertz CT molecular complexity index is 314. The van der Waals surface area contributed by atoms with Crippen molar-refractivity contribution >= 4 is 11.8 Å². The highest BCUT2D eigenvalue weighted by atomic mass is 32.2. The van der Waals surface area contributed by atoms with Crippen LogP contribution in [0.1, 0.15) is 11.5 Å². The highest BCUT2D eigenvalue weighted by Gasteiger charge is 2.22. The van der Waals surface area contributed by atoms with E-state index >= 15 is 0 Å². The number of halogens is 1. The summed E-state index contributed by atoms with van der Waals surface area (Å²) >= 11 is 1.75. The lowest BCUT2D eigenvalue weighted by molar-refractivity contribution is 0.619. The zero-order chi connectivity index (χ0) is 9.26. The molecular weight excluding hydrogens is 185 g/mol. The van der Waals surface area contributed by atoms with Gasteiger partial charge in [-0.25, -0.2) is 4.39 Å². The van der Waals surface area contributed by atoms with E-state index in [1.54, 1.807) is 23.9 Å². The second kappa shape index (κ2) is 3.68. The number of fused-ring (bicyclic) bond motifs is 1. The number of thioether (sulfide) groups is 1. The van der Waals surface area contributed by atoms with Crippen LogP contribution < -0.4 is 5.32 Å². The Morgan fingerprint density at radius 1 is 1.62 bits per heavy atom. The van der Waals surface area contributed by atoms with E-state index in [2.05, 4.69) is 5.32 Å². The lowest BCUT2D eigenvalue weighted by Crippen LogP contribution is -2.16. The van der Waals surface area contributed by atoms with Crippen LogP contribution in [-0.4, -0.2) is 19.3 Å². The molecule has 1 aromatic rings. The number of rotatable bonds is 2. The summed E-state index contributed by atoms with van der Waals surface area (Å²) in [5.41, 5.74) is 1.29. The SMILES string of the molecule is CNCC1CSc2cc(F)ccc21. The lowest BCUT2D eigenvalue weighted by Gasteiger charge is -2.08. The van der Waals surface area contributed by atoms with Gasteiger partial charge in [0.05, 0.1) is 0 Å². The number of hydrogen-bond donors (Lipinski definition) is 1. The Morgan fingerprint density at radius 3 is 3.23 bits per heavy atom. The second-order valence-corrected chi connectivity index (χ2v) is 4.31. The van der Waals surface area contributed by atoms with Crippen molar-refractivity contribution in [3.05, 3.63) is 29.6 Å². The first-order chi connectivity index (χ1) is 6.31. The molecule has 0 aromatic heterocycles. The van der Waals surface area contributed by atoms with Crippen molar-refractivity contribution < 1.29 is 4.39 Å². The molecule has 1 unspecified atom stereocenters. The van der Waals surface area contributed by atoms with Crippen LogP contribution in [0.15, 0.2) is 23.1 Å². The Balaban J connectivity index is 2.27. The third-order valence-electron chi connectivity index (χ3n) is 2.31. The summed E-state index contributed by atoms with van der Waals surface area (Å²) in [6.45, 7) is 0.978. The highest BCUT2D eigenvalue weighted by Crippen LogP contribution is 2.39. The first-order valence-electron chi connectivity index (χ1n) is 4.38. The average Bonchev–Trinajstić information content (AvgIpc) is 2.49. The minimum atomic E-state index is -0.128. The first kappa shape index (κ1) is 9.03. The Morgan fingerprint density at radius 2 is 2.46 bits per heavy atom. The van der Waals surface area contributed by atoms with E-state index in [0.29, 0.717) is 5.92 Å². The van der Waals surface area contributed by atoms with Crippen molar-refractivity contribution in [3.63, 3.8) is 0 Å². The van der Waals surface area contributed by atoms with Crippen LogP contribution in [0, 0.1) is 5.82 Å². The highest BCUT2D eigenvalue weighted by molar-refractivity contribution is 7.99. The Labute approximate surface area is 81.7 Å². The van der Waals surface area contributed by atoms with Crippen LogP contribution in [0.4, 0.5) is 4.39 Å². The van der Waals surface area contributed by atoms with Crippen molar-refractivity contribution in [2.75, 3.05) is 19.3 Å². The molecule has 1 atom stereocenters. The molecule has 1 aliphatic heterocycles. The predicted octanol–water partition coefficient (Wildman–Crippen LogP) is 2.23. The van der Waals surface area contributed by atoms with Crippen LogP contribution in [-0.2, 0) is 0 Å². The van der Waals surface area contributed by atoms with Gasteiger partial charge in [-0.05, 0) is 24.7 Å². The van der Waals surface area contributed by atoms with Gasteiger partial charge in [0.15, 0.2) is 0 Å². The van der Waals surface area contributed by atoms with E-state index in [1.807, 2.05) is 13.1 Å². The molecule has 0 amide bonds. The molecule has 13 heavy (non-hydrogen) atoms. The van der Waals surface area contributed by atoms with E-state index in [-0.39, 0.29) is 5.82 Å². The molecule has 1 nitrogen and oxygen atoms in total. The monoisotopic (exact) mass is 197 g/mol. The smallest absolute Gasteiger partial charge is 0.124 e. The molecule has 1 aliphatic rings. The number of benzene rings is 1. The van der Waals surface area contributed by atoms with Gasteiger partial charge >= 0.3 is 0 Å². The topological polar surface area (TPSA) is 12.0 Å². The summed E-state index contributed by atoms with van der Waals surface area (Å²) in [6.07, 6.45) is 0. The molecule has 0 saturated heterocycles. The van der Waals surface area contributed by atoms with Crippen molar-refractivity contribution in [3.8, 4) is 0 Å². The maximum absolute atomic E-state index is 12.8. The minimum Gasteiger partial charge on any atom is -0.319 e. The molecule has 0 radical (unpaired) electrons. The first-order valence-corrected chi connectivity index (χ1v) is 5.36. The minimum absolute atomic E-state index is 0.128. The second-order valence-electron chi connectivity index (χ2n) is 3.25. The van der Waals surface area contributed by atoms with E-state index in [4.69, 9.17) is 0 Å². The third kappa shape index (κ3) is 1.71. The molecular formula is C10H12FNS.